The van der Waals surface area contributed by atoms with Gasteiger partial charge in [0.05, 0.1) is 17.5 Å². The normalized spacial score (nSPS) is 15.7. The van der Waals surface area contributed by atoms with Crippen LogP contribution in [0.15, 0.2) is 51.8 Å². The average Bonchev–Trinajstić information content (AvgIpc) is 3.25. The molecule has 1 aromatic heterocycles. The molecule has 0 aliphatic carbocycles. The molecule has 29 heavy (non-hydrogen) atoms. The van der Waals surface area contributed by atoms with Crippen molar-refractivity contribution in [3.8, 4) is 5.75 Å². The lowest BCUT2D eigenvalue weighted by molar-refractivity contribution is -0.402. The van der Waals surface area contributed by atoms with Crippen molar-refractivity contribution in [1.82, 2.24) is 4.90 Å². The van der Waals surface area contributed by atoms with Crippen LogP contribution in [0, 0.1) is 24.0 Å². The van der Waals surface area contributed by atoms with Gasteiger partial charge in [-0.15, -0.1) is 0 Å². The first-order valence-electron chi connectivity index (χ1n) is 8.71. The van der Waals surface area contributed by atoms with Gasteiger partial charge in [0.2, 0.25) is 0 Å². The Morgan fingerprint density at radius 3 is 2.76 bits per heavy atom. The molecule has 8 nitrogen and oxygen atoms in total. The molecule has 2 heterocycles. The van der Waals surface area contributed by atoms with Gasteiger partial charge in [0.1, 0.15) is 23.0 Å². The van der Waals surface area contributed by atoms with Gasteiger partial charge in [-0.1, -0.05) is 18.2 Å². The van der Waals surface area contributed by atoms with E-state index in [0.717, 1.165) is 33.5 Å². The molecular weight excluding hydrogens is 396 g/mol. The lowest BCUT2D eigenvalue weighted by Crippen LogP contribution is -2.32. The molecule has 0 saturated carbocycles. The number of allylic oxidation sites excluding steroid dienone is 2. The molecule has 2 amide bonds. The molecule has 1 saturated heterocycles. The minimum absolute atomic E-state index is 0.142. The summed E-state index contributed by atoms with van der Waals surface area (Å²) in [5.41, 5.74) is 2.04. The maximum absolute atomic E-state index is 12.4. The quantitative estimate of drug-likeness (QED) is 0.374. The summed E-state index contributed by atoms with van der Waals surface area (Å²) in [6, 6.07) is 8.53. The van der Waals surface area contributed by atoms with Crippen LogP contribution in [0.1, 0.15) is 16.9 Å². The highest BCUT2D eigenvalue weighted by Gasteiger charge is 2.34. The second-order valence-corrected chi connectivity index (χ2v) is 7.26. The Kier molecular flexibility index (Phi) is 6.18. The highest BCUT2D eigenvalue weighted by molar-refractivity contribution is 8.18. The maximum atomic E-state index is 12.4. The molecule has 0 spiro atoms. The molecule has 1 aromatic carbocycles. The van der Waals surface area contributed by atoms with Crippen LogP contribution in [0.25, 0.3) is 6.08 Å². The standard InChI is InChI=1S/C20H18N2O6S/c1-13-6-7-14(2)16(12-13)27-11-10-21-19(23)17(29-20(21)24)5-3-4-15-8-9-18(28-15)22(25)26/h3-9,12H,10-11H2,1-2H3/b4-3+,17-5-. The molecule has 1 aliphatic rings. The number of rotatable bonds is 7. The molecule has 1 fully saturated rings. The SMILES string of the molecule is Cc1ccc(C)c(OCCN2C(=O)S/C(=C\C=C\c3ccc([N+](=O)[O-])o3)C2=O)c1. The summed E-state index contributed by atoms with van der Waals surface area (Å²) in [6.07, 6.45) is 4.46. The largest absolute Gasteiger partial charge is 0.491 e. The van der Waals surface area contributed by atoms with E-state index in [9.17, 15) is 19.7 Å². The van der Waals surface area contributed by atoms with Gasteiger partial charge in [0, 0.05) is 0 Å². The lowest BCUT2D eigenvalue weighted by Gasteiger charge is -2.14. The van der Waals surface area contributed by atoms with E-state index in [4.69, 9.17) is 9.15 Å². The summed E-state index contributed by atoms with van der Waals surface area (Å²) in [7, 11) is 0. The Labute approximate surface area is 171 Å². The Morgan fingerprint density at radius 2 is 2.03 bits per heavy atom. The molecule has 0 atom stereocenters. The van der Waals surface area contributed by atoms with E-state index in [0.29, 0.717) is 0 Å². The van der Waals surface area contributed by atoms with Crippen LogP contribution < -0.4 is 4.74 Å². The molecule has 2 aromatic rings. The van der Waals surface area contributed by atoms with Crippen LogP contribution in [0.5, 0.6) is 5.75 Å². The predicted molar refractivity (Wildman–Crippen MR) is 109 cm³/mol. The van der Waals surface area contributed by atoms with E-state index >= 15 is 0 Å². The zero-order chi connectivity index (χ0) is 21.0. The molecule has 1 aliphatic heterocycles. The number of carbonyl (C=O) groups excluding carboxylic acids is 2. The minimum atomic E-state index is -0.636. The number of aryl methyl sites for hydroxylation is 2. The molecule has 0 radical (unpaired) electrons. The second kappa shape index (κ2) is 8.78. The van der Waals surface area contributed by atoms with Crippen LogP contribution in [-0.2, 0) is 4.79 Å². The first-order valence-corrected chi connectivity index (χ1v) is 9.53. The predicted octanol–water partition coefficient (Wildman–Crippen LogP) is 4.48. The van der Waals surface area contributed by atoms with Gasteiger partial charge in [0.25, 0.3) is 11.1 Å². The number of benzene rings is 1. The average molecular weight is 414 g/mol. The van der Waals surface area contributed by atoms with Crippen LogP contribution in [0.2, 0.25) is 0 Å². The number of amides is 2. The molecular formula is C20H18N2O6S. The van der Waals surface area contributed by atoms with Crippen LogP contribution >= 0.6 is 11.8 Å². The summed E-state index contributed by atoms with van der Waals surface area (Å²) >= 11 is 0.832. The van der Waals surface area contributed by atoms with Crippen molar-refractivity contribution < 1.29 is 23.7 Å². The molecule has 0 N–H and O–H groups in total. The van der Waals surface area contributed by atoms with Crippen LogP contribution in [-0.4, -0.2) is 34.1 Å². The zero-order valence-corrected chi connectivity index (χ0v) is 16.6. The van der Waals surface area contributed by atoms with Crippen LogP contribution in [0.3, 0.4) is 0 Å². The number of furan rings is 1. The third kappa shape index (κ3) is 4.94. The number of nitrogens with zero attached hydrogens (tertiary/aromatic N) is 2. The van der Waals surface area contributed by atoms with E-state index in [1.165, 1.54) is 30.4 Å². The van der Waals surface area contributed by atoms with E-state index in [1.54, 1.807) is 0 Å². The fraction of sp³-hybridized carbons (Fsp3) is 0.200. The van der Waals surface area contributed by atoms with Crippen molar-refractivity contribution in [1.29, 1.82) is 0 Å². The summed E-state index contributed by atoms with van der Waals surface area (Å²) in [6.45, 7) is 4.23. The number of thioether (sulfide) groups is 1. The maximum Gasteiger partial charge on any atom is 0.433 e. The molecule has 150 valence electrons. The molecule has 3 rings (SSSR count). The van der Waals surface area contributed by atoms with Gasteiger partial charge >= 0.3 is 5.88 Å². The number of hydrogen-bond donors (Lipinski definition) is 0. The lowest BCUT2D eigenvalue weighted by atomic mass is 10.1. The molecule has 0 bridgehead atoms. The number of hydrogen-bond acceptors (Lipinski definition) is 7. The number of carbonyl (C=O) groups is 2. The van der Waals surface area contributed by atoms with E-state index in [-0.39, 0.29) is 34.9 Å². The van der Waals surface area contributed by atoms with Gasteiger partial charge in [0.15, 0.2) is 0 Å². The fourth-order valence-electron chi connectivity index (χ4n) is 2.58. The van der Waals surface area contributed by atoms with Gasteiger partial charge in [-0.3, -0.25) is 24.6 Å². The first kappa shape index (κ1) is 20.4. The second-order valence-electron chi connectivity index (χ2n) is 6.27. The third-order valence-electron chi connectivity index (χ3n) is 4.09. The summed E-state index contributed by atoms with van der Waals surface area (Å²) in [5.74, 6) is 0.227. The summed E-state index contributed by atoms with van der Waals surface area (Å²) in [5, 5.41) is 10.2. The van der Waals surface area contributed by atoms with Gasteiger partial charge in [-0.25, -0.2) is 0 Å². The number of ether oxygens (including phenoxy) is 1. The Morgan fingerprint density at radius 1 is 1.24 bits per heavy atom. The van der Waals surface area contributed by atoms with Gasteiger partial charge in [-0.05, 0) is 61.0 Å². The highest BCUT2D eigenvalue weighted by atomic mass is 32.2. The smallest absolute Gasteiger partial charge is 0.433 e. The first-order chi connectivity index (χ1) is 13.8. The molecule has 9 heteroatoms. The number of imide groups is 1. The third-order valence-corrected chi connectivity index (χ3v) is 5.02. The molecule has 0 unspecified atom stereocenters. The number of nitro groups is 1. The zero-order valence-electron chi connectivity index (χ0n) is 15.8. The van der Waals surface area contributed by atoms with Crippen molar-refractivity contribution >= 4 is 34.9 Å². The Balaban J connectivity index is 1.58. The van der Waals surface area contributed by atoms with Crippen molar-refractivity contribution in [3.63, 3.8) is 0 Å². The summed E-state index contributed by atoms with van der Waals surface area (Å²) in [4.78, 5) is 35.9. The topological polar surface area (TPSA) is 103 Å². The monoisotopic (exact) mass is 414 g/mol. The van der Waals surface area contributed by atoms with Crippen LogP contribution in [0.4, 0.5) is 10.7 Å². The van der Waals surface area contributed by atoms with Crippen molar-refractivity contribution in [2.24, 2.45) is 0 Å². The van der Waals surface area contributed by atoms with Gasteiger partial charge in [-0.2, -0.15) is 0 Å². The fourth-order valence-corrected chi connectivity index (χ4v) is 3.39. The van der Waals surface area contributed by atoms with E-state index in [1.807, 2.05) is 32.0 Å². The minimum Gasteiger partial charge on any atom is -0.491 e. The van der Waals surface area contributed by atoms with Crippen molar-refractivity contribution in [3.05, 3.63) is 74.4 Å². The van der Waals surface area contributed by atoms with E-state index < -0.39 is 10.8 Å². The Bertz CT molecular complexity index is 1020. The Hall–Kier alpha value is -3.33. The van der Waals surface area contributed by atoms with E-state index in [2.05, 4.69) is 0 Å². The van der Waals surface area contributed by atoms with Crippen molar-refractivity contribution in [2.45, 2.75) is 13.8 Å². The highest BCUT2D eigenvalue weighted by Crippen LogP contribution is 2.30. The van der Waals surface area contributed by atoms with Crippen molar-refractivity contribution in [2.75, 3.05) is 13.2 Å². The van der Waals surface area contributed by atoms with Gasteiger partial charge < -0.3 is 9.15 Å². The summed E-state index contributed by atoms with van der Waals surface area (Å²) < 4.78 is 10.7.